The van der Waals surface area contributed by atoms with Crippen LogP contribution in [0.25, 0.3) is 0 Å². The van der Waals surface area contributed by atoms with Gasteiger partial charge in [0.2, 0.25) is 5.89 Å². The van der Waals surface area contributed by atoms with Gasteiger partial charge >= 0.3 is 5.97 Å². The first kappa shape index (κ1) is 14.5. The highest BCUT2D eigenvalue weighted by Gasteiger charge is 2.55. The molecular weight excluding hydrogens is 270 g/mol. The SMILES string of the molecule is COC(=O)[C@]12CCC[C@@H]1CN(Cc1noc(C(C)C)n1)C2. The summed E-state index contributed by atoms with van der Waals surface area (Å²) in [4.78, 5) is 18.9. The molecule has 3 rings (SSSR count). The number of hydrogen-bond acceptors (Lipinski definition) is 6. The van der Waals surface area contributed by atoms with Gasteiger partial charge in [0, 0.05) is 19.0 Å². The second-order valence-electron chi connectivity index (χ2n) is 6.61. The predicted octanol–water partition coefficient (Wildman–Crippen LogP) is 1.97. The number of aromatic nitrogens is 2. The largest absolute Gasteiger partial charge is 0.469 e. The molecule has 2 heterocycles. The lowest BCUT2D eigenvalue weighted by Crippen LogP contribution is -2.36. The number of hydrogen-bond donors (Lipinski definition) is 0. The summed E-state index contributed by atoms with van der Waals surface area (Å²) in [7, 11) is 1.49. The molecule has 2 aliphatic rings. The van der Waals surface area contributed by atoms with E-state index in [2.05, 4.69) is 15.0 Å². The lowest BCUT2D eigenvalue weighted by atomic mass is 9.81. The summed E-state index contributed by atoms with van der Waals surface area (Å²) < 4.78 is 10.3. The molecule has 1 saturated heterocycles. The lowest BCUT2D eigenvalue weighted by Gasteiger charge is -2.25. The van der Waals surface area contributed by atoms with Crippen LogP contribution in [0.3, 0.4) is 0 Å². The van der Waals surface area contributed by atoms with E-state index in [0.717, 1.165) is 32.4 Å². The Bertz CT molecular complexity index is 528. The summed E-state index contributed by atoms with van der Waals surface area (Å²) in [5.74, 6) is 1.97. The maximum atomic E-state index is 12.2. The van der Waals surface area contributed by atoms with Gasteiger partial charge in [0.05, 0.1) is 19.1 Å². The molecule has 1 aliphatic carbocycles. The van der Waals surface area contributed by atoms with Crippen molar-refractivity contribution in [2.75, 3.05) is 20.2 Å². The molecule has 2 fully saturated rings. The van der Waals surface area contributed by atoms with Gasteiger partial charge < -0.3 is 9.26 Å². The van der Waals surface area contributed by atoms with Crippen LogP contribution < -0.4 is 0 Å². The zero-order valence-corrected chi connectivity index (χ0v) is 13.0. The van der Waals surface area contributed by atoms with E-state index in [1.165, 1.54) is 7.11 Å². The highest BCUT2D eigenvalue weighted by Crippen LogP contribution is 2.49. The van der Waals surface area contributed by atoms with E-state index in [1.807, 2.05) is 13.8 Å². The molecule has 1 aliphatic heterocycles. The summed E-state index contributed by atoms with van der Waals surface area (Å²) in [6.45, 7) is 6.37. The van der Waals surface area contributed by atoms with Gasteiger partial charge in [0.1, 0.15) is 0 Å². The fourth-order valence-electron chi connectivity index (χ4n) is 3.82. The topological polar surface area (TPSA) is 68.5 Å². The molecule has 0 radical (unpaired) electrons. The molecule has 2 atom stereocenters. The number of carbonyl (C=O) groups excluding carboxylic acids is 1. The van der Waals surface area contributed by atoms with E-state index >= 15 is 0 Å². The van der Waals surface area contributed by atoms with E-state index in [1.54, 1.807) is 0 Å². The van der Waals surface area contributed by atoms with E-state index < -0.39 is 0 Å². The summed E-state index contributed by atoms with van der Waals surface area (Å²) >= 11 is 0. The third-order valence-electron chi connectivity index (χ3n) is 4.88. The molecule has 1 saturated carbocycles. The van der Waals surface area contributed by atoms with Crippen LogP contribution in [-0.4, -0.2) is 41.2 Å². The standard InChI is InChI=1S/C15H23N3O3/c1-10(2)13-16-12(17-21-13)8-18-7-11-5-4-6-15(11,9-18)14(19)20-3/h10-11H,4-9H2,1-3H3/t11-,15+/m1/s1. The Morgan fingerprint density at radius 3 is 3.05 bits per heavy atom. The van der Waals surface area contributed by atoms with Crippen molar-refractivity contribution in [1.82, 2.24) is 15.0 Å². The highest BCUT2D eigenvalue weighted by atomic mass is 16.5. The van der Waals surface area contributed by atoms with Crippen molar-refractivity contribution in [3.05, 3.63) is 11.7 Å². The summed E-state index contributed by atoms with van der Waals surface area (Å²) in [5, 5.41) is 4.04. The molecule has 0 N–H and O–H groups in total. The van der Waals surface area contributed by atoms with E-state index in [0.29, 0.717) is 24.2 Å². The smallest absolute Gasteiger partial charge is 0.313 e. The third kappa shape index (κ3) is 2.46. The van der Waals surface area contributed by atoms with Gasteiger partial charge in [-0.1, -0.05) is 25.4 Å². The van der Waals surface area contributed by atoms with E-state index in [9.17, 15) is 4.79 Å². The normalized spacial score (nSPS) is 29.0. The molecule has 0 unspecified atom stereocenters. The Labute approximate surface area is 124 Å². The van der Waals surface area contributed by atoms with Crippen molar-refractivity contribution < 1.29 is 14.1 Å². The highest BCUT2D eigenvalue weighted by molar-refractivity contribution is 5.78. The number of ether oxygens (including phenoxy) is 1. The number of methoxy groups -OCH3 is 1. The molecule has 1 aromatic heterocycles. The number of rotatable bonds is 4. The quantitative estimate of drug-likeness (QED) is 0.791. The van der Waals surface area contributed by atoms with Crippen molar-refractivity contribution in [1.29, 1.82) is 0 Å². The number of likely N-dealkylation sites (tertiary alicyclic amines) is 1. The molecular formula is C15H23N3O3. The Balaban J connectivity index is 1.70. The van der Waals surface area contributed by atoms with Crippen molar-refractivity contribution in [3.8, 4) is 0 Å². The summed E-state index contributed by atoms with van der Waals surface area (Å²) in [6, 6.07) is 0. The monoisotopic (exact) mass is 293 g/mol. The number of fused-ring (bicyclic) bond motifs is 1. The Morgan fingerprint density at radius 1 is 1.57 bits per heavy atom. The lowest BCUT2D eigenvalue weighted by molar-refractivity contribution is -0.153. The van der Waals surface area contributed by atoms with Crippen LogP contribution >= 0.6 is 0 Å². The maximum Gasteiger partial charge on any atom is 0.313 e. The van der Waals surface area contributed by atoms with Crippen molar-refractivity contribution in [2.24, 2.45) is 11.3 Å². The Hall–Kier alpha value is -1.43. The van der Waals surface area contributed by atoms with Crippen molar-refractivity contribution in [2.45, 2.75) is 45.6 Å². The van der Waals surface area contributed by atoms with Crippen LogP contribution in [-0.2, 0) is 16.1 Å². The minimum atomic E-state index is -0.306. The molecule has 0 aromatic carbocycles. The van der Waals surface area contributed by atoms with Gasteiger partial charge in [-0.2, -0.15) is 4.98 Å². The third-order valence-corrected chi connectivity index (χ3v) is 4.88. The fraction of sp³-hybridized carbons (Fsp3) is 0.800. The molecule has 116 valence electrons. The summed E-state index contributed by atoms with van der Waals surface area (Å²) in [5.41, 5.74) is -0.306. The Kier molecular flexibility index (Phi) is 3.73. The van der Waals surface area contributed by atoms with E-state index in [-0.39, 0.29) is 17.3 Å². The van der Waals surface area contributed by atoms with Crippen LogP contribution in [0, 0.1) is 11.3 Å². The number of esters is 1. The zero-order valence-electron chi connectivity index (χ0n) is 13.0. The zero-order chi connectivity index (χ0) is 15.0. The second kappa shape index (κ2) is 5.40. The van der Waals surface area contributed by atoms with Gasteiger partial charge in [-0.25, -0.2) is 0 Å². The van der Waals surface area contributed by atoms with Gasteiger partial charge in [0.15, 0.2) is 5.82 Å². The molecule has 0 bridgehead atoms. The predicted molar refractivity (Wildman–Crippen MR) is 75.5 cm³/mol. The molecule has 21 heavy (non-hydrogen) atoms. The fourth-order valence-corrected chi connectivity index (χ4v) is 3.82. The minimum absolute atomic E-state index is 0.0523. The molecule has 1 aromatic rings. The van der Waals surface area contributed by atoms with Gasteiger partial charge in [-0.15, -0.1) is 0 Å². The van der Waals surface area contributed by atoms with Crippen LogP contribution in [0.5, 0.6) is 0 Å². The van der Waals surface area contributed by atoms with Crippen LogP contribution in [0.15, 0.2) is 4.52 Å². The number of carbonyl (C=O) groups is 1. The van der Waals surface area contributed by atoms with Crippen LogP contribution in [0.2, 0.25) is 0 Å². The van der Waals surface area contributed by atoms with E-state index in [4.69, 9.17) is 9.26 Å². The second-order valence-corrected chi connectivity index (χ2v) is 6.61. The van der Waals surface area contributed by atoms with Crippen molar-refractivity contribution in [3.63, 3.8) is 0 Å². The van der Waals surface area contributed by atoms with Gasteiger partial charge in [-0.05, 0) is 18.8 Å². The first-order chi connectivity index (χ1) is 10.0. The average molecular weight is 293 g/mol. The first-order valence-corrected chi connectivity index (χ1v) is 7.68. The molecule has 6 heteroatoms. The van der Waals surface area contributed by atoms with Gasteiger partial charge in [-0.3, -0.25) is 9.69 Å². The minimum Gasteiger partial charge on any atom is -0.469 e. The Morgan fingerprint density at radius 2 is 2.38 bits per heavy atom. The maximum absolute atomic E-state index is 12.2. The van der Waals surface area contributed by atoms with Crippen LogP contribution in [0.1, 0.15) is 50.7 Å². The molecule has 0 spiro atoms. The molecule has 6 nitrogen and oxygen atoms in total. The van der Waals surface area contributed by atoms with Crippen molar-refractivity contribution >= 4 is 5.97 Å². The summed E-state index contributed by atoms with van der Waals surface area (Å²) in [6.07, 6.45) is 3.16. The van der Waals surface area contributed by atoms with Gasteiger partial charge in [0.25, 0.3) is 0 Å². The molecule has 0 amide bonds. The van der Waals surface area contributed by atoms with Crippen LogP contribution in [0.4, 0.5) is 0 Å². The first-order valence-electron chi connectivity index (χ1n) is 7.68. The average Bonchev–Trinajstić information content (AvgIpc) is 3.11. The number of nitrogens with zero attached hydrogens (tertiary/aromatic N) is 3.